The molecule has 2 aliphatic heterocycles. The van der Waals surface area contributed by atoms with E-state index in [1.54, 1.807) is 0 Å². The maximum absolute atomic E-state index is 12.2. The van der Waals surface area contributed by atoms with Gasteiger partial charge in [0, 0.05) is 38.3 Å². The molecule has 5 nitrogen and oxygen atoms in total. The minimum Gasteiger partial charge on any atom is -0.357 e. The van der Waals surface area contributed by atoms with Gasteiger partial charge in [0.2, 0.25) is 5.91 Å². The number of anilines is 1. The van der Waals surface area contributed by atoms with E-state index in [2.05, 4.69) is 33.2 Å². The number of likely N-dealkylation sites (N-methyl/N-ethyl adjacent to an activating group) is 1. The Balaban J connectivity index is 1.41. The molecule has 1 aromatic heterocycles. The molecular weight excluding hydrogens is 276 g/mol. The lowest BCUT2D eigenvalue weighted by Gasteiger charge is -2.32. The number of hydrogen-bond donors (Lipinski definition) is 1. The Morgan fingerprint density at radius 1 is 1.27 bits per heavy atom. The lowest BCUT2D eigenvalue weighted by atomic mass is 9.93. The lowest BCUT2D eigenvalue weighted by Crippen LogP contribution is -2.39. The number of carbonyl (C=O) groups is 1. The molecule has 3 rings (SSSR count). The third-order valence-corrected chi connectivity index (χ3v) is 4.82. The fraction of sp³-hybridized carbons (Fsp3) is 0.647. The average molecular weight is 302 g/mol. The molecule has 2 fully saturated rings. The highest BCUT2D eigenvalue weighted by Crippen LogP contribution is 2.23. The van der Waals surface area contributed by atoms with Crippen molar-refractivity contribution in [1.29, 1.82) is 0 Å². The van der Waals surface area contributed by atoms with Crippen molar-refractivity contribution < 1.29 is 4.79 Å². The summed E-state index contributed by atoms with van der Waals surface area (Å²) in [6.07, 6.45) is 5.76. The van der Waals surface area contributed by atoms with Crippen LogP contribution in [-0.2, 0) is 4.79 Å². The predicted octanol–water partition coefficient (Wildman–Crippen LogP) is 1.51. The van der Waals surface area contributed by atoms with Crippen LogP contribution in [0.3, 0.4) is 0 Å². The topological polar surface area (TPSA) is 48.5 Å². The van der Waals surface area contributed by atoms with Crippen molar-refractivity contribution in [1.82, 2.24) is 15.2 Å². The van der Waals surface area contributed by atoms with Crippen LogP contribution in [0.15, 0.2) is 24.4 Å². The second kappa shape index (κ2) is 7.09. The first-order valence-electron chi connectivity index (χ1n) is 8.34. The van der Waals surface area contributed by atoms with Crippen LogP contribution in [-0.4, -0.2) is 55.1 Å². The molecule has 2 saturated heterocycles. The zero-order chi connectivity index (χ0) is 15.4. The third kappa shape index (κ3) is 3.97. The summed E-state index contributed by atoms with van der Waals surface area (Å²) in [5, 5.41) is 3.19. The van der Waals surface area contributed by atoms with E-state index in [0.717, 1.165) is 51.3 Å². The van der Waals surface area contributed by atoms with E-state index in [1.165, 1.54) is 0 Å². The van der Waals surface area contributed by atoms with Crippen LogP contribution >= 0.6 is 0 Å². The van der Waals surface area contributed by atoms with Gasteiger partial charge in [-0.3, -0.25) is 4.79 Å². The van der Waals surface area contributed by atoms with Crippen molar-refractivity contribution >= 4 is 11.7 Å². The average Bonchev–Trinajstić information content (AvgIpc) is 2.94. The van der Waals surface area contributed by atoms with Gasteiger partial charge in [0.1, 0.15) is 5.82 Å². The number of piperidine rings is 1. The Morgan fingerprint density at radius 3 is 2.73 bits per heavy atom. The number of aromatic nitrogens is 1. The number of carbonyl (C=O) groups excluding carboxylic acids is 1. The molecule has 0 radical (unpaired) electrons. The second-order valence-corrected chi connectivity index (χ2v) is 6.64. The van der Waals surface area contributed by atoms with Crippen molar-refractivity contribution in [3.8, 4) is 0 Å². The Labute approximate surface area is 132 Å². The predicted molar refractivity (Wildman–Crippen MR) is 87.8 cm³/mol. The largest absolute Gasteiger partial charge is 0.357 e. The molecule has 0 unspecified atom stereocenters. The normalized spacial score (nSPS) is 23.7. The van der Waals surface area contributed by atoms with Gasteiger partial charge in [-0.05, 0) is 50.9 Å². The molecule has 1 N–H and O–H groups in total. The minimum atomic E-state index is 0.233. The van der Waals surface area contributed by atoms with Gasteiger partial charge in [0.25, 0.3) is 0 Å². The van der Waals surface area contributed by atoms with Gasteiger partial charge < -0.3 is 15.1 Å². The highest BCUT2D eigenvalue weighted by Gasteiger charge is 2.25. The molecule has 0 bridgehead atoms. The molecule has 120 valence electrons. The Morgan fingerprint density at radius 2 is 2.09 bits per heavy atom. The zero-order valence-corrected chi connectivity index (χ0v) is 13.4. The molecule has 0 spiro atoms. The second-order valence-electron chi connectivity index (χ2n) is 6.64. The maximum Gasteiger partial charge on any atom is 0.220 e. The number of likely N-dealkylation sites (tertiary alicyclic amines) is 1. The number of pyridine rings is 1. The van der Waals surface area contributed by atoms with Crippen molar-refractivity contribution in [3.63, 3.8) is 0 Å². The summed E-state index contributed by atoms with van der Waals surface area (Å²) >= 11 is 0. The summed E-state index contributed by atoms with van der Waals surface area (Å²) in [7, 11) is 2.11. The highest BCUT2D eigenvalue weighted by atomic mass is 16.1. The molecule has 0 aromatic carbocycles. The lowest BCUT2D eigenvalue weighted by molar-refractivity contribution is -0.122. The monoisotopic (exact) mass is 302 g/mol. The summed E-state index contributed by atoms with van der Waals surface area (Å²) in [5.74, 6) is 1.80. The van der Waals surface area contributed by atoms with Crippen LogP contribution in [0.2, 0.25) is 0 Å². The molecule has 1 amide bonds. The van der Waals surface area contributed by atoms with Crippen LogP contribution in [0.25, 0.3) is 0 Å². The van der Waals surface area contributed by atoms with Crippen LogP contribution < -0.4 is 10.2 Å². The van der Waals surface area contributed by atoms with Gasteiger partial charge in [-0.25, -0.2) is 4.98 Å². The van der Waals surface area contributed by atoms with E-state index >= 15 is 0 Å². The van der Waals surface area contributed by atoms with Crippen molar-refractivity contribution in [2.45, 2.75) is 31.7 Å². The SMILES string of the molecule is CN1CC[C@@H](NC(=O)CC2CCN(c3ccccn3)CC2)C1. The van der Waals surface area contributed by atoms with Gasteiger partial charge in [0.05, 0.1) is 0 Å². The summed E-state index contributed by atoms with van der Waals surface area (Å²) in [4.78, 5) is 21.2. The Kier molecular flexibility index (Phi) is 4.93. The van der Waals surface area contributed by atoms with E-state index in [1.807, 2.05) is 18.3 Å². The summed E-state index contributed by atoms with van der Waals surface area (Å²) in [6.45, 7) is 4.08. The first kappa shape index (κ1) is 15.3. The summed E-state index contributed by atoms with van der Waals surface area (Å²) in [6, 6.07) is 6.39. The smallest absolute Gasteiger partial charge is 0.220 e. The fourth-order valence-electron chi connectivity index (χ4n) is 3.51. The first-order chi connectivity index (χ1) is 10.7. The van der Waals surface area contributed by atoms with Gasteiger partial charge >= 0.3 is 0 Å². The van der Waals surface area contributed by atoms with Gasteiger partial charge in [-0.2, -0.15) is 0 Å². The molecule has 5 heteroatoms. The van der Waals surface area contributed by atoms with Crippen molar-refractivity contribution in [3.05, 3.63) is 24.4 Å². The van der Waals surface area contributed by atoms with Crippen molar-refractivity contribution in [2.75, 3.05) is 38.1 Å². The number of amides is 1. The number of nitrogens with one attached hydrogen (secondary N) is 1. The van der Waals surface area contributed by atoms with Crippen LogP contribution in [0.4, 0.5) is 5.82 Å². The molecular formula is C17H26N4O. The molecule has 1 atom stereocenters. The minimum absolute atomic E-state index is 0.233. The quantitative estimate of drug-likeness (QED) is 0.916. The molecule has 2 aliphatic rings. The zero-order valence-electron chi connectivity index (χ0n) is 13.4. The number of nitrogens with zero attached hydrogens (tertiary/aromatic N) is 3. The van der Waals surface area contributed by atoms with Crippen molar-refractivity contribution in [2.24, 2.45) is 5.92 Å². The van der Waals surface area contributed by atoms with Crippen LogP contribution in [0.1, 0.15) is 25.7 Å². The third-order valence-electron chi connectivity index (χ3n) is 4.82. The molecule has 1 aromatic rings. The standard InChI is InChI=1S/C17H26N4O/c1-20-9-7-15(13-20)19-17(22)12-14-5-10-21(11-6-14)16-4-2-3-8-18-16/h2-4,8,14-15H,5-7,9-13H2,1H3,(H,19,22)/t15-/m1/s1. The molecule has 3 heterocycles. The maximum atomic E-state index is 12.2. The van der Waals surface area contributed by atoms with E-state index in [0.29, 0.717) is 18.4 Å². The first-order valence-corrected chi connectivity index (χ1v) is 8.34. The van der Waals surface area contributed by atoms with Gasteiger partial charge in [-0.1, -0.05) is 6.07 Å². The Hall–Kier alpha value is -1.62. The van der Waals surface area contributed by atoms with Crippen LogP contribution in [0.5, 0.6) is 0 Å². The Bertz CT molecular complexity index is 485. The summed E-state index contributed by atoms with van der Waals surface area (Å²) < 4.78 is 0. The summed E-state index contributed by atoms with van der Waals surface area (Å²) in [5.41, 5.74) is 0. The van der Waals surface area contributed by atoms with E-state index < -0.39 is 0 Å². The van der Waals surface area contributed by atoms with Gasteiger partial charge in [0.15, 0.2) is 0 Å². The van der Waals surface area contributed by atoms with E-state index in [4.69, 9.17) is 0 Å². The van der Waals surface area contributed by atoms with E-state index in [9.17, 15) is 4.79 Å². The highest BCUT2D eigenvalue weighted by molar-refractivity contribution is 5.76. The molecule has 22 heavy (non-hydrogen) atoms. The van der Waals surface area contributed by atoms with E-state index in [-0.39, 0.29) is 5.91 Å². The van der Waals surface area contributed by atoms with Crippen LogP contribution in [0, 0.1) is 5.92 Å². The molecule has 0 aliphatic carbocycles. The number of hydrogen-bond acceptors (Lipinski definition) is 4. The van der Waals surface area contributed by atoms with Gasteiger partial charge in [-0.15, -0.1) is 0 Å². The fourth-order valence-corrected chi connectivity index (χ4v) is 3.51. The number of rotatable bonds is 4. The molecule has 0 saturated carbocycles.